The molecule has 3 rings (SSSR count). The summed E-state index contributed by atoms with van der Waals surface area (Å²) in [5.74, 6) is -0.0682. The van der Waals surface area contributed by atoms with Crippen LogP contribution >= 0.6 is 23.1 Å². The highest BCUT2D eigenvalue weighted by Gasteiger charge is 2.17. The van der Waals surface area contributed by atoms with Gasteiger partial charge in [0.05, 0.1) is 16.8 Å². The molecule has 0 saturated heterocycles. The minimum absolute atomic E-state index is 0.113. The largest absolute Gasteiger partial charge is 0.492 e. The second kappa shape index (κ2) is 10.8. The van der Waals surface area contributed by atoms with Crippen LogP contribution in [0.15, 0.2) is 58.2 Å². The molecule has 32 heavy (non-hydrogen) atoms. The Bertz CT molecular complexity index is 1330. The molecule has 3 aromatic rings. The number of carbonyl (C=O) groups is 1. The number of nitriles is 1. The van der Waals surface area contributed by atoms with Crippen LogP contribution in [-0.4, -0.2) is 23.3 Å². The van der Waals surface area contributed by atoms with Gasteiger partial charge in [0.25, 0.3) is 11.5 Å². The van der Waals surface area contributed by atoms with Crippen molar-refractivity contribution in [1.29, 1.82) is 5.26 Å². The van der Waals surface area contributed by atoms with Crippen molar-refractivity contribution in [2.75, 3.05) is 18.2 Å². The fourth-order valence-corrected chi connectivity index (χ4v) is 4.65. The lowest BCUT2D eigenvalue weighted by Crippen LogP contribution is -2.33. The third-order valence-corrected chi connectivity index (χ3v) is 6.50. The standard InChI is InChI=1S/C24H23N3O3S2/c1-4-27-23(29)21(14-16-10-12-17(31-3)13-11-16)32-24(27)18(15-25)22(28)26-19-8-6-7-9-20(19)30-5-2/h6-14H,4-5H2,1-3H3,(H,26,28)/b21-14-,24-18-. The van der Waals surface area contributed by atoms with E-state index >= 15 is 0 Å². The Balaban J connectivity index is 2.09. The normalized spacial score (nSPS) is 12.2. The van der Waals surface area contributed by atoms with Gasteiger partial charge in [0.15, 0.2) is 5.57 Å². The Morgan fingerprint density at radius 3 is 2.56 bits per heavy atom. The lowest BCUT2D eigenvalue weighted by molar-refractivity contribution is -0.111. The summed E-state index contributed by atoms with van der Waals surface area (Å²) in [6, 6.07) is 16.9. The average Bonchev–Trinajstić information content (AvgIpc) is 3.11. The van der Waals surface area contributed by atoms with Gasteiger partial charge in [-0.05, 0) is 56.0 Å². The Kier molecular flexibility index (Phi) is 7.92. The van der Waals surface area contributed by atoms with Gasteiger partial charge in [-0.2, -0.15) is 5.26 Å². The van der Waals surface area contributed by atoms with Crippen molar-refractivity contribution in [3.8, 4) is 11.8 Å². The van der Waals surface area contributed by atoms with Crippen LogP contribution in [-0.2, 0) is 11.3 Å². The number of hydrogen-bond acceptors (Lipinski definition) is 6. The minimum Gasteiger partial charge on any atom is -0.492 e. The van der Waals surface area contributed by atoms with Crippen molar-refractivity contribution in [3.05, 3.63) is 73.6 Å². The summed E-state index contributed by atoms with van der Waals surface area (Å²) in [5.41, 5.74) is 1.01. The highest BCUT2D eigenvalue weighted by molar-refractivity contribution is 7.98. The first kappa shape index (κ1) is 23.4. The highest BCUT2D eigenvalue weighted by atomic mass is 32.2. The number of benzene rings is 2. The van der Waals surface area contributed by atoms with Crippen LogP contribution in [0.5, 0.6) is 5.75 Å². The van der Waals surface area contributed by atoms with Crippen molar-refractivity contribution in [3.63, 3.8) is 0 Å². The molecule has 164 valence electrons. The number of rotatable bonds is 7. The second-order valence-electron chi connectivity index (χ2n) is 6.61. The van der Waals surface area contributed by atoms with Gasteiger partial charge in [0, 0.05) is 11.4 Å². The summed E-state index contributed by atoms with van der Waals surface area (Å²) in [4.78, 5) is 27.1. The Hall–Kier alpha value is -3.28. The Morgan fingerprint density at radius 2 is 1.94 bits per heavy atom. The van der Waals surface area contributed by atoms with E-state index in [4.69, 9.17) is 4.74 Å². The van der Waals surface area contributed by atoms with Gasteiger partial charge >= 0.3 is 0 Å². The number of thioether (sulfide) groups is 1. The number of nitrogens with zero attached hydrogens (tertiary/aromatic N) is 2. The molecule has 1 amide bonds. The van der Waals surface area contributed by atoms with E-state index in [1.54, 1.807) is 42.1 Å². The molecule has 0 aliphatic heterocycles. The van der Waals surface area contributed by atoms with Crippen molar-refractivity contribution in [2.45, 2.75) is 25.3 Å². The summed E-state index contributed by atoms with van der Waals surface area (Å²) >= 11 is 2.78. The Morgan fingerprint density at radius 1 is 1.22 bits per heavy atom. The van der Waals surface area contributed by atoms with Gasteiger partial charge in [-0.15, -0.1) is 23.1 Å². The zero-order chi connectivity index (χ0) is 23.1. The molecule has 6 nitrogen and oxygen atoms in total. The molecule has 0 atom stereocenters. The number of nitrogens with one attached hydrogen (secondary N) is 1. The maximum absolute atomic E-state index is 13.0. The summed E-state index contributed by atoms with van der Waals surface area (Å²) in [6.45, 7) is 4.45. The molecule has 0 unspecified atom stereocenters. The molecule has 8 heteroatoms. The first-order valence-corrected chi connectivity index (χ1v) is 12.1. The van der Waals surface area contributed by atoms with E-state index in [1.807, 2.05) is 50.4 Å². The predicted octanol–water partition coefficient (Wildman–Crippen LogP) is 3.19. The van der Waals surface area contributed by atoms with E-state index in [9.17, 15) is 14.9 Å². The lowest BCUT2D eigenvalue weighted by Gasteiger charge is -2.10. The van der Waals surface area contributed by atoms with Crippen molar-refractivity contribution >= 4 is 46.3 Å². The molecule has 0 radical (unpaired) electrons. The monoisotopic (exact) mass is 465 g/mol. The van der Waals surface area contributed by atoms with Gasteiger partial charge in [0.2, 0.25) is 0 Å². The zero-order valence-electron chi connectivity index (χ0n) is 18.0. The van der Waals surface area contributed by atoms with Gasteiger partial charge in [-0.3, -0.25) is 14.2 Å². The van der Waals surface area contributed by atoms with Gasteiger partial charge in [-0.25, -0.2) is 0 Å². The molecule has 1 aromatic heterocycles. The van der Waals surface area contributed by atoms with Gasteiger partial charge in [-0.1, -0.05) is 24.3 Å². The summed E-state index contributed by atoms with van der Waals surface area (Å²) in [5, 5.41) is 12.5. The molecule has 0 spiro atoms. The topological polar surface area (TPSA) is 84.1 Å². The van der Waals surface area contributed by atoms with E-state index in [1.165, 1.54) is 4.57 Å². The van der Waals surface area contributed by atoms with Crippen molar-refractivity contribution < 1.29 is 9.53 Å². The van der Waals surface area contributed by atoms with Gasteiger partial charge in [0.1, 0.15) is 16.5 Å². The zero-order valence-corrected chi connectivity index (χ0v) is 19.7. The second-order valence-corrected chi connectivity index (χ2v) is 8.52. The van der Waals surface area contributed by atoms with Crippen LogP contribution < -0.4 is 24.8 Å². The number of carbonyl (C=O) groups excluding carboxylic acids is 1. The SMILES string of the molecule is CCOc1ccccc1NC(=O)/C(C#N)=c1\s/c(=C\c2ccc(SC)cc2)c(=O)n1CC. The fourth-order valence-electron chi connectivity index (χ4n) is 3.08. The van der Waals surface area contributed by atoms with Crippen molar-refractivity contribution in [1.82, 2.24) is 4.57 Å². The molecule has 0 aliphatic rings. The molecule has 0 aliphatic carbocycles. The van der Waals surface area contributed by atoms with Crippen LogP contribution in [0.2, 0.25) is 0 Å². The Labute approximate surface area is 194 Å². The van der Waals surface area contributed by atoms with E-state index in [0.29, 0.717) is 33.8 Å². The van der Waals surface area contributed by atoms with Crippen molar-refractivity contribution in [2.24, 2.45) is 0 Å². The summed E-state index contributed by atoms with van der Waals surface area (Å²) < 4.78 is 7.80. The van der Waals surface area contributed by atoms with Gasteiger partial charge < -0.3 is 10.1 Å². The molecule has 1 heterocycles. The van der Waals surface area contributed by atoms with E-state index < -0.39 is 5.91 Å². The maximum Gasteiger partial charge on any atom is 0.269 e. The molecule has 0 fully saturated rings. The number of ether oxygens (including phenoxy) is 1. The highest BCUT2D eigenvalue weighted by Crippen LogP contribution is 2.24. The first-order valence-electron chi connectivity index (χ1n) is 10.0. The summed E-state index contributed by atoms with van der Waals surface area (Å²) in [7, 11) is 0. The molecular formula is C24H23N3O3S2. The fraction of sp³-hybridized carbons (Fsp3) is 0.208. The van der Waals surface area contributed by atoms with Crippen LogP contribution in [0, 0.1) is 11.3 Å². The predicted molar refractivity (Wildman–Crippen MR) is 131 cm³/mol. The third kappa shape index (κ3) is 5.13. The number of anilines is 1. The molecule has 0 saturated carbocycles. The first-order chi connectivity index (χ1) is 15.5. The van der Waals surface area contributed by atoms with E-state index in [0.717, 1.165) is 21.8 Å². The number of para-hydroxylation sites is 2. The summed E-state index contributed by atoms with van der Waals surface area (Å²) in [6.07, 6.45) is 3.78. The number of thiazole rings is 1. The average molecular weight is 466 g/mol. The smallest absolute Gasteiger partial charge is 0.269 e. The van der Waals surface area contributed by atoms with Crippen LogP contribution in [0.25, 0.3) is 11.6 Å². The molecule has 1 N–H and O–H groups in total. The molecule has 0 bridgehead atoms. The lowest BCUT2D eigenvalue weighted by atomic mass is 10.2. The van der Waals surface area contributed by atoms with Crippen LogP contribution in [0.3, 0.4) is 0 Å². The molecular weight excluding hydrogens is 442 g/mol. The number of aromatic nitrogens is 1. The quantitative estimate of drug-likeness (QED) is 0.542. The number of hydrogen-bond donors (Lipinski definition) is 1. The van der Waals surface area contributed by atoms with E-state index in [2.05, 4.69) is 5.32 Å². The van der Waals surface area contributed by atoms with Crippen LogP contribution in [0.1, 0.15) is 19.4 Å². The van der Waals surface area contributed by atoms with E-state index in [-0.39, 0.29) is 11.1 Å². The number of amides is 1. The maximum atomic E-state index is 13.0. The minimum atomic E-state index is -0.584. The third-order valence-electron chi connectivity index (χ3n) is 4.63. The van der Waals surface area contributed by atoms with Crippen LogP contribution in [0.4, 0.5) is 5.69 Å². The molecule has 2 aromatic carbocycles.